The Morgan fingerprint density at radius 1 is 1.32 bits per heavy atom. The second kappa shape index (κ2) is 6.02. The Morgan fingerprint density at radius 2 is 2.05 bits per heavy atom. The molecule has 1 atom stereocenters. The molecule has 1 aliphatic heterocycles. The zero-order chi connectivity index (χ0) is 13.9. The molecule has 0 saturated carbocycles. The molecular weight excluding hydrogens is 234 g/mol. The molecule has 0 amide bonds. The number of nitrogens with one attached hydrogen (secondary N) is 1. The summed E-state index contributed by atoms with van der Waals surface area (Å²) in [6.07, 6.45) is 1.32. The molecular formula is C16H27N3. The van der Waals surface area contributed by atoms with Crippen molar-refractivity contribution in [1.29, 1.82) is 0 Å². The fraction of sp³-hybridized carbons (Fsp3) is 0.688. The second-order valence-corrected chi connectivity index (χ2v) is 6.85. The van der Waals surface area contributed by atoms with Gasteiger partial charge in [0.1, 0.15) is 0 Å². The van der Waals surface area contributed by atoms with Crippen molar-refractivity contribution in [1.82, 2.24) is 15.2 Å². The fourth-order valence-corrected chi connectivity index (χ4v) is 2.47. The van der Waals surface area contributed by atoms with Crippen LogP contribution in [0.5, 0.6) is 0 Å². The van der Waals surface area contributed by atoms with Crippen LogP contribution in [0.3, 0.4) is 0 Å². The minimum atomic E-state index is 0.141. The largest absolute Gasteiger partial charge is 0.306 e. The summed E-state index contributed by atoms with van der Waals surface area (Å²) >= 11 is 0. The minimum Gasteiger partial charge on any atom is -0.306 e. The van der Waals surface area contributed by atoms with Gasteiger partial charge >= 0.3 is 0 Å². The van der Waals surface area contributed by atoms with Gasteiger partial charge in [-0.05, 0) is 51.8 Å². The lowest BCUT2D eigenvalue weighted by molar-refractivity contribution is 0.316. The zero-order valence-electron chi connectivity index (χ0n) is 12.7. The Labute approximate surface area is 117 Å². The van der Waals surface area contributed by atoms with E-state index in [4.69, 9.17) is 4.98 Å². The normalized spacial score (nSPS) is 20.9. The highest BCUT2D eigenvalue weighted by atomic mass is 15.1. The van der Waals surface area contributed by atoms with Crippen molar-refractivity contribution >= 4 is 0 Å². The number of hydrogen-bond acceptors (Lipinski definition) is 3. The van der Waals surface area contributed by atoms with Gasteiger partial charge in [-0.25, -0.2) is 0 Å². The lowest BCUT2D eigenvalue weighted by atomic mass is 10.1. The molecule has 1 fully saturated rings. The van der Waals surface area contributed by atoms with E-state index in [0.717, 1.165) is 24.7 Å². The summed E-state index contributed by atoms with van der Waals surface area (Å²) in [7, 11) is 0. The van der Waals surface area contributed by atoms with Gasteiger partial charge in [0.2, 0.25) is 0 Å². The third kappa shape index (κ3) is 4.92. The maximum Gasteiger partial charge on any atom is 0.0547 e. The molecule has 0 spiro atoms. The maximum atomic E-state index is 4.76. The van der Waals surface area contributed by atoms with E-state index in [0.29, 0.717) is 0 Å². The van der Waals surface area contributed by atoms with Crippen LogP contribution in [-0.4, -0.2) is 28.5 Å². The molecule has 0 aromatic carbocycles. The summed E-state index contributed by atoms with van der Waals surface area (Å²) in [6, 6.07) is 6.37. The van der Waals surface area contributed by atoms with E-state index in [1.54, 1.807) is 0 Å². The molecule has 2 heterocycles. The number of aromatic nitrogens is 1. The molecule has 2 rings (SSSR count). The Morgan fingerprint density at radius 3 is 2.68 bits per heavy atom. The molecule has 1 aliphatic rings. The van der Waals surface area contributed by atoms with Crippen molar-refractivity contribution in [2.45, 2.75) is 52.7 Å². The van der Waals surface area contributed by atoms with Crippen molar-refractivity contribution in [2.75, 3.05) is 13.1 Å². The van der Waals surface area contributed by atoms with Crippen LogP contribution >= 0.6 is 0 Å². The van der Waals surface area contributed by atoms with E-state index in [9.17, 15) is 0 Å². The van der Waals surface area contributed by atoms with Crippen LogP contribution < -0.4 is 5.32 Å². The van der Waals surface area contributed by atoms with Crippen LogP contribution in [0.2, 0.25) is 0 Å². The van der Waals surface area contributed by atoms with Crippen LogP contribution in [0.4, 0.5) is 0 Å². The summed E-state index contributed by atoms with van der Waals surface area (Å²) in [4.78, 5) is 7.27. The molecule has 1 unspecified atom stereocenters. The molecule has 1 N–H and O–H groups in total. The van der Waals surface area contributed by atoms with Crippen molar-refractivity contribution < 1.29 is 0 Å². The SMILES string of the molecule is CC1CCN(Cc2cccc(CNC(C)(C)C)n2)C1. The van der Waals surface area contributed by atoms with E-state index >= 15 is 0 Å². The molecule has 0 radical (unpaired) electrons. The smallest absolute Gasteiger partial charge is 0.0547 e. The van der Waals surface area contributed by atoms with Crippen LogP contribution in [0.1, 0.15) is 45.5 Å². The number of nitrogens with zero attached hydrogens (tertiary/aromatic N) is 2. The first-order valence-electron chi connectivity index (χ1n) is 7.34. The van der Waals surface area contributed by atoms with Crippen molar-refractivity contribution in [3.63, 3.8) is 0 Å². The summed E-state index contributed by atoms with van der Waals surface area (Å²) < 4.78 is 0. The average Bonchev–Trinajstić information content (AvgIpc) is 2.72. The number of hydrogen-bond donors (Lipinski definition) is 1. The van der Waals surface area contributed by atoms with E-state index in [-0.39, 0.29) is 5.54 Å². The maximum absolute atomic E-state index is 4.76. The van der Waals surface area contributed by atoms with Crippen LogP contribution in [-0.2, 0) is 13.1 Å². The molecule has 0 aliphatic carbocycles. The zero-order valence-corrected chi connectivity index (χ0v) is 12.7. The molecule has 106 valence electrons. The lowest BCUT2D eigenvalue weighted by Crippen LogP contribution is -2.35. The quantitative estimate of drug-likeness (QED) is 0.903. The van der Waals surface area contributed by atoms with Crippen LogP contribution in [0.25, 0.3) is 0 Å². The summed E-state index contributed by atoms with van der Waals surface area (Å²) in [5.74, 6) is 0.839. The van der Waals surface area contributed by atoms with Gasteiger partial charge in [-0.3, -0.25) is 9.88 Å². The second-order valence-electron chi connectivity index (χ2n) is 6.85. The van der Waals surface area contributed by atoms with Crippen molar-refractivity contribution in [2.24, 2.45) is 5.92 Å². The highest BCUT2D eigenvalue weighted by Gasteiger charge is 2.18. The van der Waals surface area contributed by atoms with E-state index in [1.807, 2.05) is 0 Å². The first-order chi connectivity index (χ1) is 8.92. The molecule has 3 heteroatoms. The van der Waals surface area contributed by atoms with Gasteiger partial charge in [-0.1, -0.05) is 13.0 Å². The van der Waals surface area contributed by atoms with E-state index in [2.05, 4.69) is 56.1 Å². The minimum absolute atomic E-state index is 0.141. The molecule has 1 aromatic rings. The predicted octanol–water partition coefficient (Wildman–Crippen LogP) is 2.81. The average molecular weight is 261 g/mol. The van der Waals surface area contributed by atoms with Crippen molar-refractivity contribution in [3.8, 4) is 0 Å². The highest BCUT2D eigenvalue weighted by Crippen LogP contribution is 2.17. The van der Waals surface area contributed by atoms with Gasteiger partial charge in [-0.15, -0.1) is 0 Å². The summed E-state index contributed by atoms with van der Waals surface area (Å²) in [5, 5.41) is 3.49. The fourth-order valence-electron chi connectivity index (χ4n) is 2.47. The Kier molecular flexibility index (Phi) is 4.58. The standard InChI is InChI=1S/C16H27N3/c1-13-8-9-19(11-13)12-15-7-5-6-14(18-15)10-17-16(2,3)4/h5-7,13,17H,8-12H2,1-4H3. The van der Waals surface area contributed by atoms with Gasteiger partial charge in [-0.2, -0.15) is 0 Å². The molecule has 0 bridgehead atoms. The number of pyridine rings is 1. The van der Waals surface area contributed by atoms with Gasteiger partial charge < -0.3 is 5.32 Å². The summed E-state index contributed by atoms with van der Waals surface area (Å²) in [6.45, 7) is 13.1. The molecule has 3 nitrogen and oxygen atoms in total. The summed E-state index contributed by atoms with van der Waals surface area (Å²) in [5.41, 5.74) is 2.48. The predicted molar refractivity (Wildman–Crippen MR) is 79.9 cm³/mol. The van der Waals surface area contributed by atoms with Gasteiger partial charge in [0.25, 0.3) is 0 Å². The first-order valence-corrected chi connectivity index (χ1v) is 7.34. The molecule has 1 saturated heterocycles. The third-order valence-electron chi connectivity index (χ3n) is 3.56. The van der Waals surface area contributed by atoms with Crippen LogP contribution in [0, 0.1) is 5.92 Å². The first kappa shape index (κ1) is 14.5. The Balaban J connectivity index is 1.91. The lowest BCUT2D eigenvalue weighted by Gasteiger charge is -2.20. The van der Waals surface area contributed by atoms with Crippen molar-refractivity contribution in [3.05, 3.63) is 29.6 Å². The van der Waals surface area contributed by atoms with Gasteiger partial charge in [0.05, 0.1) is 11.4 Å². The van der Waals surface area contributed by atoms with Gasteiger partial charge in [0.15, 0.2) is 0 Å². The van der Waals surface area contributed by atoms with E-state index < -0.39 is 0 Å². The number of rotatable bonds is 4. The highest BCUT2D eigenvalue weighted by molar-refractivity contribution is 5.11. The third-order valence-corrected chi connectivity index (χ3v) is 3.56. The Hall–Kier alpha value is -0.930. The number of likely N-dealkylation sites (tertiary alicyclic amines) is 1. The topological polar surface area (TPSA) is 28.2 Å². The van der Waals surface area contributed by atoms with Crippen LogP contribution in [0.15, 0.2) is 18.2 Å². The molecule has 1 aromatic heterocycles. The molecule has 19 heavy (non-hydrogen) atoms. The Bertz CT molecular complexity index is 409. The van der Waals surface area contributed by atoms with Gasteiger partial charge in [0, 0.05) is 25.2 Å². The monoisotopic (exact) mass is 261 g/mol. The van der Waals surface area contributed by atoms with E-state index in [1.165, 1.54) is 25.2 Å².